The minimum absolute atomic E-state index is 0.0540. The van der Waals surface area contributed by atoms with Crippen molar-refractivity contribution in [3.05, 3.63) is 0 Å². The van der Waals surface area contributed by atoms with Gasteiger partial charge in [0.1, 0.15) is 0 Å². The first-order chi connectivity index (χ1) is 7.06. The van der Waals surface area contributed by atoms with E-state index >= 15 is 0 Å². The highest BCUT2D eigenvalue weighted by atomic mass is 19.4. The molecule has 0 atom stereocenters. The second-order valence-corrected chi connectivity index (χ2v) is 3.43. The lowest BCUT2D eigenvalue weighted by molar-refractivity contribution is -0.137. The van der Waals surface area contributed by atoms with Crippen LogP contribution >= 0.6 is 0 Å². The summed E-state index contributed by atoms with van der Waals surface area (Å²) in [5.74, 6) is 0. The van der Waals surface area contributed by atoms with Gasteiger partial charge in [0.25, 0.3) is 0 Å². The SMILES string of the molecule is CCCCNCCOCCCC(F)(F)F. The number of nitrogens with one attached hydrogen (secondary N) is 1. The van der Waals surface area contributed by atoms with E-state index in [1.165, 1.54) is 0 Å². The molecule has 92 valence electrons. The molecule has 0 unspecified atom stereocenters. The molecular weight excluding hydrogens is 207 g/mol. The van der Waals surface area contributed by atoms with Gasteiger partial charge in [-0.1, -0.05) is 13.3 Å². The van der Waals surface area contributed by atoms with Crippen LogP contribution in [0.5, 0.6) is 0 Å². The Hall–Kier alpha value is -0.290. The van der Waals surface area contributed by atoms with Crippen molar-refractivity contribution in [3.8, 4) is 0 Å². The van der Waals surface area contributed by atoms with E-state index in [-0.39, 0.29) is 13.0 Å². The molecule has 2 nitrogen and oxygen atoms in total. The molecule has 0 saturated heterocycles. The molecule has 15 heavy (non-hydrogen) atoms. The van der Waals surface area contributed by atoms with Crippen molar-refractivity contribution in [1.29, 1.82) is 0 Å². The Kier molecular flexibility index (Phi) is 8.80. The van der Waals surface area contributed by atoms with Crippen LogP contribution in [0.3, 0.4) is 0 Å². The summed E-state index contributed by atoms with van der Waals surface area (Å²) >= 11 is 0. The van der Waals surface area contributed by atoms with Gasteiger partial charge in [-0.3, -0.25) is 0 Å². The van der Waals surface area contributed by atoms with Crippen LogP contribution in [-0.4, -0.2) is 32.5 Å². The maximum Gasteiger partial charge on any atom is 0.389 e. The van der Waals surface area contributed by atoms with E-state index in [1.807, 2.05) is 0 Å². The zero-order valence-corrected chi connectivity index (χ0v) is 9.20. The summed E-state index contributed by atoms with van der Waals surface area (Å²) in [6, 6.07) is 0. The number of rotatable bonds is 9. The molecule has 0 fully saturated rings. The standard InChI is InChI=1S/C10H20F3NO/c1-2-3-6-14-7-9-15-8-4-5-10(11,12)13/h14H,2-9H2,1H3. The molecule has 0 heterocycles. The second kappa shape index (κ2) is 8.97. The third-order valence-corrected chi connectivity index (χ3v) is 1.88. The van der Waals surface area contributed by atoms with E-state index in [0.29, 0.717) is 13.2 Å². The molecule has 0 saturated carbocycles. The van der Waals surface area contributed by atoms with Crippen molar-refractivity contribution < 1.29 is 17.9 Å². The Morgan fingerprint density at radius 2 is 1.80 bits per heavy atom. The molecule has 0 aromatic carbocycles. The first-order valence-electron chi connectivity index (χ1n) is 5.41. The summed E-state index contributed by atoms with van der Waals surface area (Å²) in [6.45, 7) is 4.44. The van der Waals surface area contributed by atoms with Crippen LogP contribution in [0.2, 0.25) is 0 Å². The Morgan fingerprint density at radius 1 is 1.07 bits per heavy atom. The number of alkyl halides is 3. The Morgan fingerprint density at radius 3 is 2.40 bits per heavy atom. The highest BCUT2D eigenvalue weighted by Gasteiger charge is 2.25. The van der Waals surface area contributed by atoms with E-state index in [9.17, 15) is 13.2 Å². The van der Waals surface area contributed by atoms with Crippen LogP contribution in [-0.2, 0) is 4.74 Å². The fourth-order valence-electron chi connectivity index (χ4n) is 1.05. The molecule has 0 amide bonds. The normalized spacial score (nSPS) is 12.0. The maximum atomic E-state index is 11.7. The van der Waals surface area contributed by atoms with E-state index < -0.39 is 12.6 Å². The highest BCUT2D eigenvalue weighted by Crippen LogP contribution is 2.20. The van der Waals surface area contributed by atoms with Crippen LogP contribution in [0.4, 0.5) is 13.2 Å². The monoisotopic (exact) mass is 227 g/mol. The van der Waals surface area contributed by atoms with Gasteiger partial charge < -0.3 is 10.1 Å². The van der Waals surface area contributed by atoms with Crippen LogP contribution in [0.25, 0.3) is 0 Å². The van der Waals surface area contributed by atoms with Crippen molar-refractivity contribution in [2.24, 2.45) is 0 Å². The average molecular weight is 227 g/mol. The van der Waals surface area contributed by atoms with Crippen molar-refractivity contribution >= 4 is 0 Å². The summed E-state index contributed by atoms with van der Waals surface area (Å²) in [5, 5.41) is 3.15. The van der Waals surface area contributed by atoms with Gasteiger partial charge in [0.05, 0.1) is 6.61 Å². The van der Waals surface area contributed by atoms with Gasteiger partial charge in [-0.2, -0.15) is 13.2 Å². The summed E-state index contributed by atoms with van der Waals surface area (Å²) in [5.41, 5.74) is 0. The topological polar surface area (TPSA) is 21.3 Å². The number of hydrogen-bond acceptors (Lipinski definition) is 2. The van der Waals surface area contributed by atoms with Crippen molar-refractivity contribution in [1.82, 2.24) is 5.32 Å². The van der Waals surface area contributed by atoms with Crippen LogP contribution in [0.15, 0.2) is 0 Å². The molecule has 1 N–H and O–H groups in total. The third kappa shape index (κ3) is 13.7. The zero-order valence-electron chi connectivity index (χ0n) is 9.20. The zero-order chi connectivity index (χ0) is 11.6. The van der Waals surface area contributed by atoms with E-state index in [2.05, 4.69) is 12.2 Å². The molecule has 0 aliphatic heterocycles. The van der Waals surface area contributed by atoms with Crippen molar-refractivity contribution in [2.45, 2.75) is 38.8 Å². The molecular formula is C10H20F3NO. The lowest BCUT2D eigenvalue weighted by Gasteiger charge is -2.07. The van der Waals surface area contributed by atoms with E-state index in [0.717, 1.165) is 19.4 Å². The van der Waals surface area contributed by atoms with Gasteiger partial charge in [0, 0.05) is 19.6 Å². The van der Waals surface area contributed by atoms with Crippen LogP contribution in [0, 0.1) is 0 Å². The first kappa shape index (κ1) is 14.7. The summed E-state index contributed by atoms with van der Waals surface area (Å²) in [6.07, 6.45) is -2.50. The van der Waals surface area contributed by atoms with Gasteiger partial charge in [-0.15, -0.1) is 0 Å². The van der Waals surface area contributed by atoms with Crippen molar-refractivity contribution in [2.75, 3.05) is 26.3 Å². The molecule has 5 heteroatoms. The molecule has 0 aliphatic rings. The average Bonchev–Trinajstić information content (AvgIpc) is 2.14. The van der Waals surface area contributed by atoms with Gasteiger partial charge in [0.15, 0.2) is 0 Å². The molecule has 0 aliphatic carbocycles. The Labute approximate surface area is 89.2 Å². The third-order valence-electron chi connectivity index (χ3n) is 1.88. The minimum Gasteiger partial charge on any atom is -0.380 e. The van der Waals surface area contributed by atoms with E-state index in [1.54, 1.807) is 0 Å². The predicted molar refractivity (Wildman–Crippen MR) is 53.9 cm³/mol. The molecule has 0 spiro atoms. The van der Waals surface area contributed by atoms with Crippen molar-refractivity contribution in [3.63, 3.8) is 0 Å². The lowest BCUT2D eigenvalue weighted by Crippen LogP contribution is -2.21. The van der Waals surface area contributed by atoms with Crippen LogP contribution in [0.1, 0.15) is 32.6 Å². The number of ether oxygens (including phenoxy) is 1. The fourth-order valence-corrected chi connectivity index (χ4v) is 1.05. The molecule has 0 radical (unpaired) electrons. The predicted octanol–water partition coefficient (Wildman–Crippen LogP) is 2.74. The maximum absolute atomic E-state index is 11.7. The largest absolute Gasteiger partial charge is 0.389 e. The van der Waals surface area contributed by atoms with Crippen LogP contribution < -0.4 is 5.32 Å². The summed E-state index contributed by atoms with van der Waals surface area (Å²) in [7, 11) is 0. The first-order valence-corrected chi connectivity index (χ1v) is 5.41. The molecule has 0 aromatic heterocycles. The Balaban J connectivity index is 2.99. The quantitative estimate of drug-likeness (QED) is 0.611. The van der Waals surface area contributed by atoms with E-state index in [4.69, 9.17) is 4.74 Å². The molecule has 0 rings (SSSR count). The molecule has 0 aromatic rings. The Bertz CT molecular complexity index is 139. The fraction of sp³-hybridized carbons (Fsp3) is 1.00. The smallest absolute Gasteiger partial charge is 0.380 e. The van der Waals surface area contributed by atoms with Gasteiger partial charge in [0.2, 0.25) is 0 Å². The van der Waals surface area contributed by atoms with Gasteiger partial charge in [-0.05, 0) is 19.4 Å². The lowest BCUT2D eigenvalue weighted by atomic mass is 10.3. The van der Waals surface area contributed by atoms with Gasteiger partial charge in [-0.25, -0.2) is 0 Å². The number of unbranched alkanes of at least 4 members (excludes halogenated alkanes) is 1. The summed E-state index contributed by atoms with van der Waals surface area (Å²) in [4.78, 5) is 0. The number of halogens is 3. The number of hydrogen-bond donors (Lipinski definition) is 1. The summed E-state index contributed by atoms with van der Waals surface area (Å²) < 4.78 is 40.2. The second-order valence-electron chi connectivity index (χ2n) is 3.43. The van der Waals surface area contributed by atoms with Gasteiger partial charge >= 0.3 is 6.18 Å². The highest BCUT2D eigenvalue weighted by molar-refractivity contribution is 4.50. The molecule has 0 bridgehead atoms. The minimum atomic E-state index is -4.05.